The van der Waals surface area contributed by atoms with Gasteiger partial charge in [0, 0.05) is 11.1 Å². The molecule has 2 aromatic rings. The Hall–Kier alpha value is -3.92. The number of hydrogen-bond acceptors (Lipinski definition) is 2. The monoisotopic (exact) mass is 440 g/mol. The summed E-state index contributed by atoms with van der Waals surface area (Å²) >= 11 is 0. The van der Waals surface area contributed by atoms with Crippen LogP contribution in [0.25, 0.3) is 0 Å². The highest BCUT2D eigenvalue weighted by Crippen LogP contribution is 2.57. The van der Waals surface area contributed by atoms with E-state index in [0.717, 1.165) is 0 Å². The Morgan fingerprint density at radius 3 is 1.26 bits per heavy atom. The number of halogens is 6. The standard InChI is InChI=1S/C21H10F6O4/c1-3-11-5-7-15(13(9-11)17(28)29)19(20(22,23)24,21(25,26)27)16-8-6-12(4-2)10-14(16)18(30)31/h1-2,5-10H,(H,28,29)(H,30,31). The average Bonchev–Trinajstić information content (AvgIpc) is 2.66. The molecule has 0 aliphatic carbocycles. The van der Waals surface area contributed by atoms with Gasteiger partial charge in [-0.15, -0.1) is 12.8 Å². The summed E-state index contributed by atoms with van der Waals surface area (Å²) in [6.45, 7) is 0. The van der Waals surface area contributed by atoms with E-state index in [2.05, 4.69) is 0 Å². The van der Waals surface area contributed by atoms with Gasteiger partial charge in [0.1, 0.15) is 0 Å². The molecule has 0 saturated carbocycles. The van der Waals surface area contributed by atoms with Crippen molar-refractivity contribution in [3.63, 3.8) is 0 Å². The minimum Gasteiger partial charge on any atom is -0.478 e. The largest absolute Gasteiger partial charge is 0.478 e. The van der Waals surface area contributed by atoms with Gasteiger partial charge in [-0.25, -0.2) is 9.59 Å². The molecule has 0 bridgehead atoms. The van der Waals surface area contributed by atoms with Crippen LogP contribution in [0.15, 0.2) is 36.4 Å². The molecule has 2 aromatic carbocycles. The van der Waals surface area contributed by atoms with Gasteiger partial charge in [0.05, 0.1) is 11.1 Å². The maximum Gasteiger partial charge on any atom is 0.411 e. The molecule has 10 heteroatoms. The molecule has 0 aliphatic rings. The van der Waals surface area contributed by atoms with E-state index in [9.17, 15) is 46.1 Å². The fourth-order valence-electron chi connectivity index (χ4n) is 3.19. The minimum absolute atomic E-state index is 0.278. The fraction of sp³-hybridized carbons (Fsp3) is 0.143. The number of benzene rings is 2. The second-order valence-electron chi connectivity index (χ2n) is 6.17. The van der Waals surface area contributed by atoms with Crippen LogP contribution in [-0.2, 0) is 5.41 Å². The number of carbonyl (C=O) groups is 2. The summed E-state index contributed by atoms with van der Waals surface area (Å²) in [5.41, 5.74) is -11.8. The predicted molar refractivity (Wildman–Crippen MR) is 95.6 cm³/mol. The number of rotatable bonds is 4. The first-order valence-corrected chi connectivity index (χ1v) is 8.04. The van der Waals surface area contributed by atoms with E-state index >= 15 is 0 Å². The molecule has 0 aliphatic heterocycles. The molecule has 0 radical (unpaired) electrons. The van der Waals surface area contributed by atoms with Gasteiger partial charge < -0.3 is 10.2 Å². The zero-order chi connectivity index (χ0) is 23.8. The molecule has 0 amide bonds. The SMILES string of the molecule is C#Cc1ccc(C(c2ccc(C#C)cc2C(=O)O)(C(F)(F)F)C(F)(F)F)c(C(=O)O)c1. The Morgan fingerprint density at radius 1 is 0.710 bits per heavy atom. The van der Waals surface area contributed by atoms with E-state index in [-0.39, 0.29) is 23.3 Å². The second kappa shape index (κ2) is 7.73. The number of aromatic carboxylic acids is 2. The zero-order valence-corrected chi connectivity index (χ0v) is 15.1. The van der Waals surface area contributed by atoms with Gasteiger partial charge in [-0.05, 0) is 35.4 Å². The molecule has 0 spiro atoms. The van der Waals surface area contributed by atoms with Gasteiger partial charge in [0.25, 0.3) is 0 Å². The first kappa shape index (κ1) is 23.4. The molecule has 2 N–H and O–H groups in total. The third kappa shape index (κ3) is 3.68. The third-order valence-electron chi connectivity index (χ3n) is 4.49. The van der Waals surface area contributed by atoms with Crippen LogP contribution in [0.5, 0.6) is 0 Å². The topological polar surface area (TPSA) is 74.6 Å². The first-order valence-electron chi connectivity index (χ1n) is 8.04. The molecule has 0 aromatic heterocycles. The lowest BCUT2D eigenvalue weighted by molar-refractivity contribution is -0.288. The van der Waals surface area contributed by atoms with Crippen molar-refractivity contribution in [2.75, 3.05) is 0 Å². The Labute approximate surface area is 171 Å². The summed E-state index contributed by atoms with van der Waals surface area (Å²) in [5, 5.41) is 18.7. The van der Waals surface area contributed by atoms with Crippen molar-refractivity contribution in [2.24, 2.45) is 0 Å². The van der Waals surface area contributed by atoms with Crippen LogP contribution in [0, 0.1) is 24.7 Å². The third-order valence-corrected chi connectivity index (χ3v) is 4.49. The van der Waals surface area contributed by atoms with Crippen LogP contribution in [0.4, 0.5) is 26.3 Å². The van der Waals surface area contributed by atoms with Crippen LogP contribution >= 0.6 is 0 Å². The van der Waals surface area contributed by atoms with Crippen LogP contribution in [0.3, 0.4) is 0 Å². The van der Waals surface area contributed by atoms with Crippen molar-refractivity contribution >= 4 is 11.9 Å². The molecular weight excluding hydrogens is 430 g/mol. The quantitative estimate of drug-likeness (QED) is 0.544. The van der Waals surface area contributed by atoms with Crippen LogP contribution < -0.4 is 0 Å². The molecule has 0 heterocycles. The molecule has 0 atom stereocenters. The van der Waals surface area contributed by atoms with Crippen LogP contribution in [-0.4, -0.2) is 34.5 Å². The van der Waals surface area contributed by atoms with Crippen molar-refractivity contribution in [3.8, 4) is 24.7 Å². The summed E-state index contributed by atoms with van der Waals surface area (Å²) < 4.78 is 85.8. The highest BCUT2D eigenvalue weighted by atomic mass is 19.4. The van der Waals surface area contributed by atoms with Gasteiger partial charge in [0.15, 0.2) is 0 Å². The van der Waals surface area contributed by atoms with E-state index in [1.54, 1.807) is 0 Å². The van der Waals surface area contributed by atoms with Gasteiger partial charge >= 0.3 is 24.3 Å². The maximum absolute atomic E-state index is 14.3. The molecular formula is C21H10F6O4. The van der Waals surface area contributed by atoms with E-state index < -0.39 is 52.0 Å². The molecule has 0 saturated heterocycles. The van der Waals surface area contributed by atoms with E-state index in [4.69, 9.17) is 12.8 Å². The van der Waals surface area contributed by atoms with E-state index in [1.807, 2.05) is 11.8 Å². The Balaban J connectivity index is 3.22. The summed E-state index contributed by atoms with van der Waals surface area (Å²) in [4.78, 5) is 23.2. The number of terminal acetylenes is 2. The minimum atomic E-state index is -6.21. The fourth-order valence-corrected chi connectivity index (χ4v) is 3.19. The predicted octanol–water partition coefficient (Wildman–Crippen LogP) is 4.46. The van der Waals surface area contributed by atoms with Crippen molar-refractivity contribution in [2.45, 2.75) is 17.8 Å². The molecule has 31 heavy (non-hydrogen) atoms. The lowest BCUT2D eigenvalue weighted by Crippen LogP contribution is -2.56. The summed E-state index contributed by atoms with van der Waals surface area (Å²) in [5.74, 6) is -0.405. The molecule has 0 unspecified atom stereocenters. The summed E-state index contributed by atoms with van der Waals surface area (Å²) in [6.07, 6.45) is -2.28. The number of hydrogen-bond donors (Lipinski definition) is 2. The lowest BCUT2D eigenvalue weighted by atomic mass is 9.69. The van der Waals surface area contributed by atoms with Gasteiger partial charge in [-0.2, -0.15) is 26.3 Å². The van der Waals surface area contributed by atoms with Gasteiger partial charge in [-0.1, -0.05) is 24.0 Å². The van der Waals surface area contributed by atoms with Crippen molar-refractivity contribution < 1.29 is 46.1 Å². The number of carboxylic acid groups (broad SMARTS) is 2. The summed E-state index contributed by atoms with van der Waals surface area (Å²) in [7, 11) is 0. The van der Waals surface area contributed by atoms with Crippen LogP contribution in [0.2, 0.25) is 0 Å². The maximum atomic E-state index is 14.3. The van der Waals surface area contributed by atoms with Crippen molar-refractivity contribution in [1.82, 2.24) is 0 Å². The second-order valence-corrected chi connectivity index (χ2v) is 6.17. The smallest absolute Gasteiger partial charge is 0.411 e. The average molecular weight is 440 g/mol. The van der Waals surface area contributed by atoms with Gasteiger partial charge in [0.2, 0.25) is 5.41 Å². The highest BCUT2D eigenvalue weighted by Gasteiger charge is 2.74. The zero-order valence-electron chi connectivity index (χ0n) is 15.1. The Bertz CT molecular complexity index is 1050. The summed E-state index contributed by atoms with van der Waals surface area (Å²) in [6, 6.07) is 2.90. The Kier molecular flexibility index (Phi) is 5.82. The number of alkyl halides is 6. The van der Waals surface area contributed by atoms with E-state index in [0.29, 0.717) is 24.3 Å². The van der Waals surface area contributed by atoms with Crippen molar-refractivity contribution in [1.29, 1.82) is 0 Å². The molecule has 4 nitrogen and oxygen atoms in total. The number of carboxylic acids is 2. The molecule has 2 rings (SSSR count). The molecule has 160 valence electrons. The highest BCUT2D eigenvalue weighted by molar-refractivity contribution is 5.93. The Morgan fingerprint density at radius 2 is 1.03 bits per heavy atom. The van der Waals surface area contributed by atoms with E-state index in [1.165, 1.54) is 0 Å². The first-order chi connectivity index (χ1) is 14.2. The van der Waals surface area contributed by atoms with Gasteiger partial charge in [-0.3, -0.25) is 0 Å². The molecule has 0 fully saturated rings. The van der Waals surface area contributed by atoms with Crippen molar-refractivity contribution in [3.05, 3.63) is 69.8 Å². The lowest BCUT2D eigenvalue weighted by Gasteiger charge is -2.39. The van der Waals surface area contributed by atoms with Crippen LogP contribution in [0.1, 0.15) is 43.0 Å². The normalized spacial score (nSPS) is 12.0.